The number of morpholine rings is 2. The number of carbonyl (C=O) groups is 2. The van der Waals surface area contributed by atoms with Gasteiger partial charge in [0.1, 0.15) is 22.8 Å². The lowest BCUT2D eigenvalue weighted by Crippen LogP contribution is -2.60. The van der Waals surface area contributed by atoms with Gasteiger partial charge in [-0.1, -0.05) is 12.1 Å². The molecule has 56 heavy (non-hydrogen) atoms. The molecule has 0 N–H and O–H groups in total. The predicted molar refractivity (Wildman–Crippen MR) is 219 cm³/mol. The van der Waals surface area contributed by atoms with Crippen LogP contribution in [0.1, 0.15) is 76.0 Å². The van der Waals surface area contributed by atoms with E-state index in [0.717, 1.165) is 24.2 Å². The predicted octanol–water partition coefficient (Wildman–Crippen LogP) is 7.58. The Bertz CT molecular complexity index is 1680. The van der Waals surface area contributed by atoms with Gasteiger partial charge in [-0.15, -0.1) is 0 Å². The van der Waals surface area contributed by atoms with Crippen LogP contribution in [0, 0.1) is 38.6 Å². The van der Waals surface area contributed by atoms with Crippen molar-refractivity contribution in [3.63, 3.8) is 0 Å². The molecule has 0 bridgehead atoms. The van der Waals surface area contributed by atoms with Crippen LogP contribution in [0.4, 0.5) is 29.7 Å². The summed E-state index contributed by atoms with van der Waals surface area (Å²) < 4.78 is 50.6. The van der Waals surface area contributed by atoms with Crippen LogP contribution in [-0.4, -0.2) is 121 Å². The monoisotopic (exact) mass is 818 g/mol. The standard InChI is InChI=1S/2C20H26FN3O3.2H2S/c2*1-13-15(6-7-16(21)18(13)22-5)17-11-23-8-9-24(10-14(23)12-26-17)19(25)27-20(2,3)4;;/h2*6-7,14,17H,8-12H2,1-4H3;2*1H2/t14-,17+;14-,17-;;/m00../s1. The summed E-state index contributed by atoms with van der Waals surface area (Å²) in [5.41, 5.74) is 2.10. The molecular weight excluding hydrogens is 763 g/mol. The minimum absolute atomic E-state index is 0. The van der Waals surface area contributed by atoms with Gasteiger partial charge >= 0.3 is 12.2 Å². The molecule has 0 spiro atoms. The van der Waals surface area contributed by atoms with E-state index in [1.165, 1.54) is 12.1 Å². The van der Waals surface area contributed by atoms with E-state index in [-0.39, 0.29) is 74.8 Å². The number of carbonyl (C=O) groups excluding carboxylic acids is 2. The number of fused-ring (bicyclic) bond motifs is 2. The Morgan fingerprint density at radius 2 is 1.02 bits per heavy atom. The fourth-order valence-corrected chi connectivity index (χ4v) is 7.27. The minimum atomic E-state index is -0.511. The van der Waals surface area contributed by atoms with Gasteiger partial charge in [-0.3, -0.25) is 9.80 Å². The zero-order chi connectivity index (χ0) is 39.5. The molecule has 2 aromatic carbocycles. The highest BCUT2D eigenvalue weighted by atomic mass is 32.1. The molecule has 2 amide bonds. The maximum atomic E-state index is 13.8. The van der Waals surface area contributed by atoms with Gasteiger partial charge in [0.15, 0.2) is 0 Å². The smallest absolute Gasteiger partial charge is 0.410 e. The quantitative estimate of drug-likeness (QED) is 0.287. The Morgan fingerprint density at radius 3 is 1.34 bits per heavy atom. The molecule has 6 rings (SSSR count). The van der Waals surface area contributed by atoms with E-state index >= 15 is 0 Å². The molecule has 2 aromatic rings. The molecule has 4 aliphatic heterocycles. The Hall–Kier alpha value is -3.64. The van der Waals surface area contributed by atoms with Crippen LogP contribution in [-0.2, 0) is 18.9 Å². The van der Waals surface area contributed by atoms with Gasteiger partial charge in [0, 0.05) is 52.4 Å². The van der Waals surface area contributed by atoms with Crippen molar-refractivity contribution in [2.24, 2.45) is 0 Å². The molecule has 16 heteroatoms. The van der Waals surface area contributed by atoms with E-state index in [2.05, 4.69) is 19.5 Å². The van der Waals surface area contributed by atoms with Crippen molar-refractivity contribution in [3.05, 3.63) is 81.0 Å². The second-order valence-corrected chi connectivity index (χ2v) is 16.2. The summed E-state index contributed by atoms with van der Waals surface area (Å²) in [5.74, 6) is -0.989. The topological polar surface area (TPSA) is 92.7 Å². The van der Waals surface area contributed by atoms with Crippen molar-refractivity contribution in [3.8, 4) is 0 Å². The van der Waals surface area contributed by atoms with Crippen molar-refractivity contribution < 1.29 is 37.3 Å². The molecule has 4 aliphatic rings. The molecule has 0 aromatic heterocycles. The van der Waals surface area contributed by atoms with Crippen molar-refractivity contribution in [1.82, 2.24) is 19.6 Å². The molecule has 308 valence electrons. The number of nitrogens with zero attached hydrogens (tertiary/aromatic N) is 6. The first-order chi connectivity index (χ1) is 25.4. The van der Waals surface area contributed by atoms with Gasteiger partial charge in [0.25, 0.3) is 0 Å². The molecule has 0 radical (unpaired) electrons. The lowest BCUT2D eigenvalue weighted by atomic mass is 9.98. The lowest BCUT2D eigenvalue weighted by Gasteiger charge is -2.46. The van der Waals surface area contributed by atoms with Gasteiger partial charge in [-0.25, -0.2) is 28.1 Å². The highest BCUT2D eigenvalue weighted by Gasteiger charge is 2.39. The van der Waals surface area contributed by atoms with Gasteiger partial charge in [-0.2, -0.15) is 27.0 Å². The third kappa shape index (κ3) is 11.3. The molecular formula is C40H56F2N6O6S2. The zero-order valence-corrected chi connectivity index (χ0v) is 35.6. The van der Waals surface area contributed by atoms with E-state index in [0.29, 0.717) is 63.6 Å². The van der Waals surface area contributed by atoms with Crippen LogP contribution < -0.4 is 0 Å². The second-order valence-electron chi connectivity index (χ2n) is 16.2. The fourth-order valence-electron chi connectivity index (χ4n) is 7.27. The third-order valence-corrected chi connectivity index (χ3v) is 10.1. The molecule has 4 fully saturated rings. The third-order valence-electron chi connectivity index (χ3n) is 10.1. The number of piperazine rings is 2. The van der Waals surface area contributed by atoms with Gasteiger partial charge in [-0.05, 0) is 89.8 Å². The Morgan fingerprint density at radius 1 is 0.661 bits per heavy atom. The molecule has 0 unspecified atom stereocenters. The van der Waals surface area contributed by atoms with E-state index in [4.69, 9.17) is 32.1 Å². The average molecular weight is 819 g/mol. The molecule has 12 nitrogen and oxygen atoms in total. The summed E-state index contributed by atoms with van der Waals surface area (Å²) >= 11 is 0. The molecule has 4 atom stereocenters. The number of hydrogen-bond acceptors (Lipinski definition) is 8. The number of ether oxygens (including phenoxy) is 4. The fraction of sp³-hybridized carbons (Fsp3) is 0.600. The molecule has 0 saturated carbocycles. The first-order valence-corrected chi connectivity index (χ1v) is 18.4. The Balaban J connectivity index is 0.000000290. The van der Waals surface area contributed by atoms with Crippen LogP contribution in [0.15, 0.2) is 24.3 Å². The van der Waals surface area contributed by atoms with E-state index < -0.39 is 22.8 Å². The molecule has 4 saturated heterocycles. The average Bonchev–Trinajstić information content (AvgIpc) is 3.10. The largest absolute Gasteiger partial charge is 0.444 e. The maximum Gasteiger partial charge on any atom is 0.410 e. The molecule has 4 heterocycles. The van der Waals surface area contributed by atoms with Crippen molar-refractivity contribution in [2.45, 2.75) is 90.9 Å². The SMILES string of the molecule is S.S.[C-]#[N+]c1c(F)ccc([C@@H]2CN3CCN(C(=O)OC(C)(C)C)C[C@H]3CO2)c1C.[C-]#[N+]c1c(F)ccc([C@H]2CN3CCN(C(=O)OC(C)(C)C)C[C@H]3CO2)c1C. The van der Waals surface area contributed by atoms with E-state index in [9.17, 15) is 18.4 Å². The summed E-state index contributed by atoms with van der Waals surface area (Å²) in [6.07, 6.45) is -0.980. The van der Waals surface area contributed by atoms with E-state index in [1.807, 2.05) is 41.5 Å². The van der Waals surface area contributed by atoms with Gasteiger partial charge in [0.2, 0.25) is 11.4 Å². The van der Waals surface area contributed by atoms with Crippen LogP contribution >= 0.6 is 27.0 Å². The van der Waals surface area contributed by atoms with Crippen LogP contribution in [0.3, 0.4) is 0 Å². The number of benzene rings is 2. The summed E-state index contributed by atoms with van der Waals surface area (Å²) in [6, 6.07) is 6.33. The molecule has 0 aliphatic carbocycles. The summed E-state index contributed by atoms with van der Waals surface area (Å²) in [7, 11) is 0. The Labute approximate surface area is 343 Å². The summed E-state index contributed by atoms with van der Waals surface area (Å²) in [5, 5.41) is 0. The normalized spacial score (nSPS) is 22.6. The van der Waals surface area contributed by atoms with Crippen molar-refractivity contribution in [2.75, 3.05) is 65.6 Å². The van der Waals surface area contributed by atoms with Crippen LogP contribution in [0.25, 0.3) is 9.69 Å². The minimum Gasteiger partial charge on any atom is -0.444 e. The van der Waals surface area contributed by atoms with E-state index in [1.54, 1.807) is 35.8 Å². The summed E-state index contributed by atoms with van der Waals surface area (Å²) in [6.45, 7) is 35.2. The van der Waals surface area contributed by atoms with Crippen molar-refractivity contribution >= 4 is 50.6 Å². The number of amides is 2. The zero-order valence-electron chi connectivity index (χ0n) is 33.6. The van der Waals surface area contributed by atoms with Crippen molar-refractivity contribution in [1.29, 1.82) is 0 Å². The number of halogens is 2. The van der Waals surface area contributed by atoms with Gasteiger partial charge < -0.3 is 28.7 Å². The highest BCUT2D eigenvalue weighted by molar-refractivity contribution is 7.59. The van der Waals surface area contributed by atoms with Crippen LogP contribution in [0.2, 0.25) is 0 Å². The first-order valence-electron chi connectivity index (χ1n) is 18.4. The second kappa shape index (κ2) is 19.2. The number of rotatable bonds is 2. The lowest BCUT2D eigenvalue weighted by molar-refractivity contribution is -0.0910. The Kier molecular flexibility index (Phi) is 16.0. The highest BCUT2D eigenvalue weighted by Crippen LogP contribution is 2.36. The van der Waals surface area contributed by atoms with Crippen LogP contribution in [0.5, 0.6) is 0 Å². The maximum absolute atomic E-state index is 13.8. The number of hydrogen-bond donors (Lipinski definition) is 0. The first kappa shape index (κ1) is 46.7. The summed E-state index contributed by atoms with van der Waals surface area (Å²) in [4.78, 5) is 39.3. The van der Waals surface area contributed by atoms with Gasteiger partial charge in [0.05, 0.1) is 50.6 Å².